The minimum absolute atomic E-state index is 0.0875. The number of hydrogen-bond donors (Lipinski definition) is 1. The molecule has 104 valence electrons. The van der Waals surface area contributed by atoms with Crippen molar-refractivity contribution in [2.75, 3.05) is 26.2 Å². The molecule has 1 aromatic rings. The highest BCUT2D eigenvalue weighted by Gasteiger charge is 2.25. The van der Waals surface area contributed by atoms with Gasteiger partial charge < -0.3 is 14.6 Å². The molecule has 2 heterocycles. The van der Waals surface area contributed by atoms with Gasteiger partial charge in [-0.2, -0.15) is 0 Å². The van der Waals surface area contributed by atoms with Gasteiger partial charge in [-0.15, -0.1) is 0 Å². The van der Waals surface area contributed by atoms with Crippen molar-refractivity contribution in [3.05, 3.63) is 23.8 Å². The van der Waals surface area contributed by atoms with E-state index in [0.29, 0.717) is 6.61 Å². The van der Waals surface area contributed by atoms with E-state index in [1.807, 2.05) is 18.2 Å². The summed E-state index contributed by atoms with van der Waals surface area (Å²) in [4.78, 5) is 2.35. The van der Waals surface area contributed by atoms with Gasteiger partial charge in [0, 0.05) is 19.6 Å². The predicted octanol–water partition coefficient (Wildman–Crippen LogP) is 1.59. The monoisotopic (exact) mass is 263 g/mol. The average Bonchev–Trinajstić information content (AvgIpc) is 2.41. The van der Waals surface area contributed by atoms with Crippen LogP contribution in [0.4, 0.5) is 0 Å². The molecule has 1 fully saturated rings. The molecule has 1 saturated heterocycles. The van der Waals surface area contributed by atoms with E-state index in [4.69, 9.17) is 9.47 Å². The summed E-state index contributed by atoms with van der Waals surface area (Å²) in [6, 6.07) is 6.04. The third kappa shape index (κ3) is 3.01. The summed E-state index contributed by atoms with van der Waals surface area (Å²) in [6.07, 6.45) is 1.69. The van der Waals surface area contributed by atoms with Crippen LogP contribution in [0, 0.1) is 6.92 Å². The Morgan fingerprint density at radius 3 is 2.84 bits per heavy atom. The van der Waals surface area contributed by atoms with Gasteiger partial charge in [0.2, 0.25) is 0 Å². The van der Waals surface area contributed by atoms with Gasteiger partial charge in [0.15, 0.2) is 11.5 Å². The van der Waals surface area contributed by atoms with E-state index in [0.717, 1.165) is 44.0 Å². The number of nitrogens with zero attached hydrogens (tertiary/aromatic N) is 1. The number of likely N-dealkylation sites (tertiary alicyclic amines) is 1. The van der Waals surface area contributed by atoms with Gasteiger partial charge in [0.1, 0.15) is 12.7 Å². The molecule has 4 nitrogen and oxygen atoms in total. The maximum absolute atomic E-state index is 9.51. The number of rotatable bonds is 2. The normalized spacial score (nSPS) is 24.4. The molecule has 3 rings (SSSR count). The lowest BCUT2D eigenvalue weighted by Gasteiger charge is -2.34. The summed E-state index contributed by atoms with van der Waals surface area (Å²) in [5.74, 6) is 1.70. The lowest BCUT2D eigenvalue weighted by Crippen LogP contribution is -2.45. The molecular weight excluding hydrogens is 242 g/mol. The van der Waals surface area contributed by atoms with Crippen LogP contribution < -0.4 is 9.47 Å². The molecule has 1 N–H and O–H groups in total. The number of piperidine rings is 1. The Kier molecular flexibility index (Phi) is 3.62. The molecule has 1 aromatic carbocycles. The van der Waals surface area contributed by atoms with Crippen LogP contribution in [-0.4, -0.2) is 48.5 Å². The molecule has 0 saturated carbocycles. The standard InChI is InChI=1S/C15H21NO3/c1-11-2-3-14-15(8-11)19-13(10-18-14)9-16-6-4-12(17)5-7-16/h2-3,8,12-13,17H,4-7,9-10H2,1H3. The van der Waals surface area contributed by atoms with E-state index in [1.54, 1.807) is 0 Å². The molecule has 0 amide bonds. The van der Waals surface area contributed by atoms with Crippen molar-refractivity contribution in [2.24, 2.45) is 0 Å². The van der Waals surface area contributed by atoms with Gasteiger partial charge in [-0.3, -0.25) is 4.90 Å². The second kappa shape index (κ2) is 5.39. The van der Waals surface area contributed by atoms with Crippen molar-refractivity contribution < 1.29 is 14.6 Å². The van der Waals surface area contributed by atoms with Gasteiger partial charge in [-0.25, -0.2) is 0 Å². The Hall–Kier alpha value is -1.26. The first-order chi connectivity index (χ1) is 9.20. The zero-order chi connectivity index (χ0) is 13.2. The quantitative estimate of drug-likeness (QED) is 0.880. The summed E-state index contributed by atoms with van der Waals surface area (Å²) in [6.45, 7) is 5.43. The summed E-state index contributed by atoms with van der Waals surface area (Å²) in [5.41, 5.74) is 1.18. The fourth-order valence-corrected chi connectivity index (χ4v) is 2.70. The molecule has 0 aromatic heterocycles. The lowest BCUT2D eigenvalue weighted by molar-refractivity contribution is 0.0300. The Balaban J connectivity index is 1.59. The highest BCUT2D eigenvalue weighted by Crippen LogP contribution is 2.32. The molecule has 1 atom stereocenters. The summed E-state index contributed by atoms with van der Waals surface area (Å²) in [7, 11) is 0. The van der Waals surface area contributed by atoms with Crippen LogP contribution in [0.2, 0.25) is 0 Å². The van der Waals surface area contributed by atoms with Crippen LogP contribution in [0.1, 0.15) is 18.4 Å². The minimum atomic E-state index is -0.122. The van der Waals surface area contributed by atoms with Crippen LogP contribution in [-0.2, 0) is 0 Å². The van der Waals surface area contributed by atoms with Crippen molar-refractivity contribution in [3.63, 3.8) is 0 Å². The SMILES string of the molecule is Cc1ccc2c(c1)OC(CN1CCC(O)CC1)CO2. The summed E-state index contributed by atoms with van der Waals surface area (Å²) >= 11 is 0. The zero-order valence-electron chi connectivity index (χ0n) is 11.3. The van der Waals surface area contributed by atoms with E-state index in [-0.39, 0.29) is 12.2 Å². The van der Waals surface area contributed by atoms with E-state index >= 15 is 0 Å². The molecule has 2 aliphatic heterocycles. The third-order valence-corrected chi connectivity index (χ3v) is 3.84. The first-order valence-electron chi connectivity index (χ1n) is 7.01. The number of aliphatic hydroxyl groups excluding tert-OH is 1. The van der Waals surface area contributed by atoms with Gasteiger partial charge in [-0.05, 0) is 37.5 Å². The maximum atomic E-state index is 9.51. The number of aliphatic hydroxyl groups is 1. The van der Waals surface area contributed by atoms with Crippen LogP contribution in [0.15, 0.2) is 18.2 Å². The van der Waals surface area contributed by atoms with E-state index in [1.165, 1.54) is 5.56 Å². The fourth-order valence-electron chi connectivity index (χ4n) is 2.70. The Morgan fingerprint density at radius 1 is 1.26 bits per heavy atom. The second-order valence-corrected chi connectivity index (χ2v) is 5.53. The van der Waals surface area contributed by atoms with Crippen LogP contribution >= 0.6 is 0 Å². The van der Waals surface area contributed by atoms with Crippen LogP contribution in [0.3, 0.4) is 0 Å². The molecule has 0 aliphatic carbocycles. The van der Waals surface area contributed by atoms with Crippen molar-refractivity contribution in [1.82, 2.24) is 4.90 Å². The number of aryl methyl sites for hydroxylation is 1. The first kappa shape index (κ1) is 12.8. The highest BCUT2D eigenvalue weighted by atomic mass is 16.6. The number of fused-ring (bicyclic) bond motifs is 1. The fraction of sp³-hybridized carbons (Fsp3) is 0.600. The second-order valence-electron chi connectivity index (χ2n) is 5.53. The largest absolute Gasteiger partial charge is 0.486 e. The first-order valence-corrected chi connectivity index (χ1v) is 7.01. The third-order valence-electron chi connectivity index (χ3n) is 3.84. The molecule has 2 aliphatic rings. The molecule has 4 heteroatoms. The molecule has 0 radical (unpaired) electrons. The van der Waals surface area contributed by atoms with E-state index in [2.05, 4.69) is 11.8 Å². The predicted molar refractivity (Wildman–Crippen MR) is 72.8 cm³/mol. The van der Waals surface area contributed by atoms with E-state index in [9.17, 15) is 5.11 Å². The van der Waals surface area contributed by atoms with Gasteiger partial charge in [-0.1, -0.05) is 6.07 Å². The lowest BCUT2D eigenvalue weighted by atomic mass is 10.1. The Labute approximate surface area is 113 Å². The van der Waals surface area contributed by atoms with Gasteiger partial charge >= 0.3 is 0 Å². The average molecular weight is 263 g/mol. The van der Waals surface area contributed by atoms with Crippen molar-refractivity contribution >= 4 is 0 Å². The van der Waals surface area contributed by atoms with Gasteiger partial charge in [0.05, 0.1) is 6.10 Å². The van der Waals surface area contributed by atoms with Crippen LogP contribution in [0.25, 0.3) is 0 Å². The summed E-state index contributed by atoms with van der Waals surface area (Å²) < 4.78 is 11.8. The highest BCUT2D eigenvalue weighted by molar-refractivity contribution is 5.43. The Morgan fingerprint density at radius 2 is 2.05 bits per heavy atom. The van der Waals surface area contributed by atoms with Crippen molar-refractivity contribution in [1.29, 1.82) is 0 Å². The summed E-state index contributed by atoms with van der Waals surface area (Å²) in [5, 5.41) is 9.51. The molecule has 19 heavy (non-hydrogen) atoms. The van der Waals surface area contributed by atoms with Crippen LogP contribution in [0.5, 0.6) is 11.5 Å². The number of benzene rings is 1. The van der Waals surface area contributed by atoms with Gasteiger partial charge in [0.25, 0.3) is 0 Å². The molecular formula is C15H21NO3. The number of hydrogen-bond acceptors (Lipinski definition) is 4. The number of ether oxygens (including phenoxy) is 2. The molecule has 1 unspecified atom stereocenters. The van der Waals surface area contributed by atoms with E-state index < -0.39 is 0 Å². The smallest absolute Gasteiger partial charge is 0.162 e. The Bertz CT molecular complexity index is 441. The molecule has 0 spiro atoms. The topological polar surface area (TPSA) is 41.9 Å². The maximum Gasteiger partial charge on any atom is 0.162 e. The molecule has 0 bridgehead atoms. The van der Waals surface area contributed by atoms with Crippen molar-refractivity contribution in [3.8, 4) is 11.5 Å². The van der Waals surface area contributed by atoms with Crippen molar-refractivity contribution in [2.45, 2.75) is 32.0 Å². The zero-order valence-corrected chi connectivity index (χ0v) is 11.3. The minimum Gasteiger partial charge on any atom is -0.486 e.